The van der Waals surface area contributed by atoms with E-state index < -0.39 is 0 Å². The number of aliphatic hydroxyl groups is 1. The maximum atomic E-state index is 9.79. The number of rotatable bonds is 2. The fourth-order valence-electron chi connectivity index (χ4n) is 2.43. The van der Waals surface area contributed by atoms with Crippen LogP contribution in [0.5, 0.6) is 0 Å². The van der Waals surface area contributed by atoms with Crippen molar-refractivity contribution in [2.75, 3.05) is 18.0 Å². The van der Waals surface area contributed by atoms with Crippen LogP contribution in [-0.2, 0) is 0 Å². The Balaban J connectivity index is 1.89. The molecule has 2 atom stereocenters. The van der Waals surface area contributed by atoms with Gasteiger partial charge in [0.2, 0.25) is 5.95 Å². The monoisotopic (exact) mass is 259 g/mol. The van der Waals surface area contributed by atoms with Crippen molar-refractivity contribution in [3.8, 4) is 5.69 Å². The number of benzene rings is 1. The standard InChI is InChI=1S/C13H17N5O/c1-10-9-17(8-7-12(10)19)13-14-15-16-18(13)11-5-3-2-4-6-11/h2-6,10,12,19H,7-9H2,1H3. The Morgan fingerprint density at radius 2 is 2.05 bits per heavy atom. The van der Waals surface area contributed by atoms with Crippen LogP contribution < -0.4 is 4.90 Å². The molecule has 3 rings (SSSR count). The average molecular weight is 259 g/mol. The summed E-state index contributed by atoms with van der Waals surface area (Å²) in [5.41, 5.74) is 0.946. The van der Waals surface area contributed by atoms with E-state index in [2.05, 4.69) is 20.4 Å². The third kappa shape index (κ3) is 2.31. The molecule has 0 aliphatic carbocycles. The van der Waals surface area contributed by atoms with Crippen LogP contribution in [0.2, 0.25) is 0 Å². The quantitative estimate of drug-likeness (QED) is 0.866. The second kappa shape index (κ2) is 4.97. The molecule has 1 aromatic carbocycles. The van der Waals surface area contributed by atoms with Crippen LogP contribution in [0.25, 0.3) is 5.69 Å². The van der Waals surface area contributed by atoms with Crippen molar-refractivity contribution in [2.45, 2.75) is 19.4 Å². The Morgan fingerprint density at radius 1 is 1.26 bits per heavy atom. The molecule has 0 radical (unpaired) electrons. The summed E-state index contributed by atoms with van der Waals surface area (Å²) in [6.45, 7) is 3.60. The lowest BCUT2D eigenvalue weighted by Crippen LogP contribution is -2.43. The van der Waals surface area contributed by atoms with Gasteiger partial charge in [0.05, 0.1) is 11.8 Å². The maximum Gasteiger partial charge on any atom is 0.250 e. The first-order valence-electron chi connectivity index (χ1n) is 6.52. The van der Waals surface area contributed by atoms with Crippen LogP contribution >= 0.6 is 0 Å². The molecule has 0 bridgehead atoms. The summed E-state index contributed by atoms with van der Waals surface area (Å²) >= 11 is 0. The summed E-state index contributed by atoms with van der Waals surface area (Å²) < 4.78 is 1.74. The van der Waals surface area contributed by atoms with E-state index in [0.717, 1.165) is 31.1 Å². The van der Waals surface area contributed by atoms with Gasteiger partial charge < -0.3 is 10.0 Å². The summed E-state index contributed by atoms with van der Waals surface area (Å²) in [6.07, 6.45) is 0.528. The van der Waals surface area contributed by atoms with E-state index in [1.807, 2.05) is 37.3 Å². The van der Waals surface area contributed by atoms with Crippen molar-refractivity contribution < 1.29 is 5.11 Å². The average Bonchev–Trinajstić information content (AvgIpc) is 2.92. The smallest absolute Gasteiger partial charge is 0.250 e. The Kier molecular flexibility index (Phi) is 3.16. The fourth-order valence-corrected chi connectivity index (χ4v) is 2.43. The minimum absolute atomic E-state index is 0.225. The zero-order valence-electron chi connectivity index (χ0n) is 10.8. The highest BCUT2D eigenvalue weighted by atomic mass is 16.3. The zero-order valence-corrected chi connectivity index (χ0v) is 10.8. The Bertz CT molecular complexity index is 541. The first-order valence-corrected chi connectivity index (χ1v) is 6.52. The van der Waals surface area contributed by atoms with Gasteiger partial charge in [-0.15, -0.1) is 0 Å². The molecule has 0 amide bonds. The second-order valence-corrected chi connectivity index (χ2v) is 5.01. The molecule has 1 saturated heterocycles. The van der Waals surface area contributed by atoms with Crippen LogP contribution in [-0.4, -0.2) is 44.5 Å². The predicted octanol–water partition coefficient (Wildman–Crippen LogP) is 0.869. The Morgan fingerprint density at radius 3 is 2.79 bits per heavy atom. The second-order valence-electron chi connectivity index (χ2n) is 5.01. The van der Waals surface area contributed by atoms with Crippen molar-refractivity contribution in [1.82, 2.24) is 20.2 Å². The SMILES string of the molecule is CC1CN(c2nnnn2-c2ccccc2)CCC1O. The number of hydrogen-bond acceptors (Lipinski definition) is 5. The van der Waals surface area contributed by atoms with Gasteiger partial charge >= 0.3 is 0 Å². The summed E-state index contributed by atoms with van der Waals surface area (Å²) in [6, 6.07) is 9.84. The van der Waals surface area contributed by atoms with E-state index in [-0.39, 0.29) is 12.0 Å². The van der Waals surface area contributed by atoms with E-state index in [0.29, 0.717) is 0 Å². The zero-order chi connectivity index (χ0) is 13.2. The Hall–Kier alpha value is -1.95. The molecule has 6 nitrogen and oxygen atoms in total. The van der Waals surface area contributed by atoms with Gasteiger partial charge in [-0.1, -0.05) is 30.2 Å². The third-order valence-corrected chi connectivity index (χ3v) is 3.60. The molecule has 2 aromatic rings. The van der Waals surface area contributed by atoms with E-state index in [4.69, 9.17) is 0 Å². The van der Waals surface area contributed by atoms with E-state index in [9.17, 15) is 5.11 Å². The first kappa shape index (κ1) is 12.1. The van der Waals surface area contributed by atoms with Crippen LogP contribution in [0, 0.1) is 5.92 Å². The van der Waals surface area contributed by atoms with Gasteiger partial charge in [0.25, 0.3) is 0 Å². The van der Waals surface area contributed by atoms with E-state index >= 15 is 0 Å². The van der Waals surface area contributed by atoms with Gasteiger partial charge in [-0.25, -0.2) is 0 Å². The number of piperidine rings is 1. The molecule has 19 heavy (non-hydrogen) atoms. The maximum absolute atomic E-state index is 9.79. The number of hydrogen-bond donors (Lipinski definition) is 1. The highest BCUT2D eigenvalue weighted by Gasteiger charge is 2.27. The fraction of sp³-hybridized carbons (Fsp3) is 0.462. The molecule has 100 valence electrons. The van der Waals surface area contributed by atoms with Crippen molar-refractivity contribution in [3.05, 3.63) is 30.3 Å². The number of para-hydroxylation sites is 1. The minimum Gasteiger partial charge on any atom is -0.393 e. The molecule has 0 spiro atoms. The number of tetrazole rings is 1. The highest BCUT2D eigenvalue weighted by molar-refractivity contribution is 5.40. The van der Waals surface area contributed by atoms with E-state index in [1.165, 1.54) is 0 Å². The molecule has 1 aliphatic heterocycles. The molecular weight excluding hydrogens is 242 g/mol. The molecule has 2 unspecified atom stereocenters. The molecular formula is C13H17N5O. The number of aromatic nitrogens is 4. The van der Waals surface area contributed by atoms with Gasteiger partial charge in [-0.05, 0) is 34.9 Å². The van der Waals surface area contributed by atoms with Crippen LogP contribution in [0.15, 0.2) is 30.3 Å². The Labute approximate surface area is 111 Å². The van der Waals surface area contributed by atoms with E-state index in [1.54, 1.807) is 4.68 Å². The largest absolute Gasteiger partial charge is 0.393 e. The lowest BCUT2D eigenvalue weighted by molar-refractivity contribution is 0.0965. The summed E-state index contributed by atoms with van der Waals surface area (Å²) in [4.78, 5) is 2.13. The normalized spacial score (nSPS) is 23.6. The summed E-state index contributed by atoms with van der Waals surface area (Å²) in [7, 11) is 0. The molecule has 2 heterocycles. The van der Waals surface area contributed by atoms with Gasteiger partial charge in [0.1, 0.15) is 0 Å². The number of nitrogens with zero attached hydrogens (tertiary/aromatic N) is 5. The third-order valence-electron chi connectivity index (χ3n) is 3.60. The molecule has 6 heteroatoms. The van der Waals surface area contributed by atoms with Crippen molar-refractivity contribution >= 4 is 5.95 Å². The van der Waals surface area contributed by atoms with Crippen LogP contribution in [0.3, 0.4) is 0 Å². The lowest BCUT2D eigenvalue weighted by atomic mass is 9.97. The number of aliphatic hydroxyl groups excluding tert-OH is 1. The van der Waals surface area contributed by atoms with Gasteiger partial charge in [-0.3, -0.25) is 0 Å². The molecule has 0 saturated carbocycles. The topological polar surface area (TPSA) is 67.1 Å². The number of anilines is 1. The first-order chi connectivity index (χ1) is 9.25. The minimum atomic E-state index is -0.225. The van der Waals surface area contributed by atoms with Gasteiger partial charge in [-0.2, -0.15) is 4.68 Å². The molecule has 1 fully saturated rings. The summed E-state index contributed by atoms with van der Waals surface area (Å²) in [5, 5.41) is 21.7. The van der Waals surface area contributed by atoms with Crippen molar-refractivity contribution in [2.24, 2.45) is 5.92 Å². The van der Waals surface area contributed by atoms with Gasteiger partial charge in [0, 0.05) is 13.1 Å². The molecule has 1 aromatic heterocycles. The lowest BCUT2D eigenvalue weighted by Gasteiger charge is -2.34. The summed E-state index contributed by atoms with van der Waals surface area (Å²) in [5.74, 6) is 0.972. The predicted molar refractivity (Wildman–Crippen MR) is 71.2 cm³/mol. The van der Waals surface area contributed by atoms with Crippen molar-refractivity contribution in [1.29, 1.82) is 0 Å². The highest BCUT2D eigenvalue weighted by Crippen LogP contribution is 2.22. The van der Waals surface area contributed by atoms with Gasteiger partial charge in [0.15, 0.2) is 0 Å². The molecule has 1 N–H and O–H groups in total. The van der Waals surface area contributed by atoms with Crippen LogP contribution in [0.1, 0.15) is 13.3 Å². The molecule has 1 aliphatic rings. The van der Waals surface area contributed by atoms with Crippen molar-refractivity contribution in [3.63, 3.8) is 0 Å². The van der Waals surface area contributed by atoms with Crippen LogP contribution in [0.4, 0.5) is 5.95 Å².